The van der Waals surface area contributed by atoms with E-state index in [4.69, 9.17) is 0 Å². The Morgan fingerprint density at radius 3 is 2.86 bits per heavy atom. The number of nitrogens with one attached hydrogen (secondary N) is 1. The van der Waals surface area contributed by atoms with Gasteiger partial charge in [-0.2, -0.15) is 0 Å². The highest BCUT2D eigenvalue weighted by molar-refractivity contribution is 7.22. The van der Waals surface area contributed by atoms with Crippen molar-refractivity contribution in [2.75, 3.05) is 19.6 Å². The monoisotopic (exact) mass is 333 g/mol. The summed E-state index contributed by atoms with van der Waals surface area (Å²) in [6, 6.07) is 4.41. The van der Waals surface area contributed by atoms with Crippen LogP contribution in [0.3, 0.4) is 0 Å². The number of amides is 1. The molecule has 0 aromatic carbocycles. The molecule has 3 saturated heterocycles. The Morgan fingerprint density at radius 1 is 1.41 bits per heavy atom. The first-order chi connectivity index (χ1) is 10.7. The van der Waals surface area contributed by atoms with E-state index in [1.165, 1.54) is 42.1 Å². The summed E-state index contributed by atoms with van der Waals surface area (Å²) in [6.45, 7) is 5.36. The van der Waals surface area contributed by atoms with E-state index in [1.807, 2.05) is 13.0 Å². The van der Waals surface area contributed by atoms with Gasteiger partial charge in [0.1, 0.15) is 0 Å². The molecule has 2 aromatic rings. The molecule has 0 spiro atoms. The molecule has 1 amide bonds. The molecular weight excluding hydrogens is 314 g/mol. The summed E-state index contributed by atoms with van der Waals surface area (Å²) >= 11 is 3.20. The Bertz CT molecular complexity index is 672. The van der Waals surface area contributed by atoms with Crippen molar-refractivity contribution >= 4 is 28.6 Å². The zero-order chi connectivity index (χ0) is 15.1. The number of carbonyl (C=O) groups is 1. The fourth-order valence-corrected chi connectivity index (χ4v) is 5.36. The molecule has 5 heterocycles. The van der Waals surface area contributed by atoms with Crippen LogP contribution >= 0.6 is 22.7 Å². The van der Waals surface area contributed by atoms with Gasteiger partial charge < -0.3 is 10.2 Å². The van der Waals surface area contributed by atoms with Gasteiger partial charge >= 0.3 is 0 Å². The number of fused-ring (bicyclic) bond motifs is 3. The topological polar surface area (TPSA) is 45.2 Å². The minimum Gasteiger partial charge on any atom is -0.346 e. The van der Waals surface area contributed by atoms with Gasteiger partial charge in [0, 0.05) is 17.5 Å². The van der Waals surface area contributed by atoms with Crippen LogP contribution in [0.25, 0.3) is 9.75 Å². The maximum atomic E-state index is 12.5. The first kappa shape index (κ1) is 14.4. The first-order valence-electron chi connectivity index (χ1n) is 7.75. The summed E-state index contributed by atoms with van der Waals surface area (Å²) in [5.74, 6) is 0.640. The maximum absolute atomic E-state index is 12.5. The molecule has 3 aliphatic rings. The largest absolute Gasteiger partial charge is 0.346 e. The summed E-state index contributed by atoms with van der Waals surface area (Å²) in [5, 5.41) is 5.87. The van der Waals surface area contributed by atoms with Crippen molar-refractivity contribution in [3.05, 3.63) is 28.2 Å². The van der Waals surface area contributed by atoms with Gasteiger partial charge in [-0.25, -0.2) is 4.98 Å². The number of rotatable bonds is 3. The van der Waals surface area contributed by atoms with Crippen molar-refractivity contribution in [2.45, 2.75) is 25.8 Å². The molecule has 0 aliphatic carbocycles. The van der Waals surface area contributed by atoms with E-state index in [0.29, 0.717) is 17.0 Å². The first-order valence-corrected chi connectivity index (χ1v) is 9.45. The third-order valence-electron chi connectivity index (χ3n) is 4.71. The molecular formula is C16H19N3OS2. The minimum atomic E-state index is -0.00495. The van der Waals surface area contributed by atoms with Gasteiger partial charge in [-0.15, -0.1) is 22.7 Å². The van der Waals surface area contributed by atoms with E-state index < -0.39 is 0 Å². The molecule has 1 atom stereocenters. The number of piperidine rings is 3. The standard InChI is InChI=1S/C16H19N3OS2/c1-10-14(13-3-2-8-21-13)22-16(17-10)15(20)18-12-9-19-6-4-11(12)5-7-19/h2-3,8,11-12H,4-7,9H2,1H3,(H,18,20)/t12-/m0/s1. The fraction of sp³-hybridized carbons (Fsp3) is 0.500. The molecule has 5 rings (SSSR count). The summed E-state index contributed by atoms with van der Waals surface area (Å²) in [6.07, 6.45) is 2.42. The van der Waals surface area contributed by atoms with Crippen molar-refractivity contribution in [3.8, 4) is 9.75 Å². The molecule has 22 heavy (non-hydrogen) atoms. The SMILES string of the molecule is Cc1nc(C(=O)N[C@H]2CN3CCC2CC3)sc1-c1cccs1. The summed E-state index contributed by atoms with van der Waals surface area (Å²) in [4.78, 5) is 21.8. The number of aromatic nitrogens is 1. The van der Waals surface area contributed by atoms with E-state index in [-0.39, 0.29) is 5.91 Å². The Morgan fingerprint density at radius 2 is 2.23 bits per heavy atom. The molecule has 0 unspecified atom stereocenters. The van der Waals surface area contributed by atoms with Gasteiger partial charge in [-0.05, 0) is 50.2 Å². The quantitative estimate of drug-likeness (QED) is 0.939. The molecule has 3 aliphatic heterocycles. The Balaban J connectivity index is 1.50. The normalized spacial score (nSPS) is 27.0. The molecule has 3 fully saturated rings. The number of aryl methyl sites for hydroxylation is 1. The third kappa shape index (κ3) is 2.59. The molecule has 2 aromatic heterocycles. The van der Waals surface area contributed by atoms with E-state index in [9.17, 15) is 4.79 Å². The van der Waals surface area contributed by atoms with E-state index in [2.05, 4.69) is 26.6 Å². The van der Waals surface area contributed by atoms with Crippen LogP contribution in [0.1, 0.15) is 28.3 Å². The van der Waals surface area contributed by atoms with Crippen LogP contribution in [0.4, 0.5) is 0 Å². The summed E-state index contributed by atoms with van der Waals surface area (Å²) in [7, 11) is 0. The van der Waals surface area contributed by atoms with Crippen molar-refractivity contribution in [3.63, 3.8) is 0 Å². The van der Waals surface area contributed by atoms with Gasteiger partial charge in [0.15, 0.2) is 5.01 Å². The number of nitrogens with zero attached hydrogens (tertiary/aromatic N) is 2. The number of thiazole rings is 1. The van der Waals surface area contributed by atoms with Crippen LogP contribution in [0.2, 0.25) is 0 Å². The number of hydrogen-bond acceptors (Lipinski definition) is 5. The van der Waals surface area contributed by atoms with E-state index >= 15 is 0 Å². The van der Waals surface area contributed by atoms with Crippen LogP contribution in [0.5, 0.6) is 0 Å². The van der Waals surface area contributed by atoms with Crippen LogP contribution in [0.15, 0.2) is 17.5 Å². The molecule has 1 N–H and O–H groups in total. The fourth-order valence-electron chi connectivity index (χ4n) is 3.49. The van der Waals surface area contributed by atoms with Crippen molar-refractivity contribution in [1.29, 1.82) is 0 Å². The van der Waals surface area contributed by atoms with E-state index in [0.717, 1.165) is 17.1 Å². The van der Waals surface area contributed by atoms with Gasteiger partial charge in [0.2, 0.25) is 0 Å². The van der Waals surface area contributed by atoms with Gasteiger partial charge in [0.25, 0.3) is 5.91 Å². The molecule has 0 saturated carbocycles. The number of thiophene rings is 1. The van der Waals surface area contributed by atoms with Gasteiger partial charge in [-0.3, -0.25) is 4.79 Å². The van der Waals surface area contributed by atoms with Crippen LogP contribution in [0, 0.1) is 12.8 Å². The van der Waals surface area contributed by atoms with Gasteiger partial charge in [-0.1, -0.05) is 6.07 Å². The van der Waals surface area contributed by atoms with E-state index in [1.54, 1.807) is 11.3 Å². The predicted octanol–water partition coefficient (Wildman–Crippen LogP) is 3.00. The number of carbonyl (C=O) groups excluding carboxylic acids is 1. The lowest BCUT2D eigenvalue weighted by Gasteiger charge is -2.44. The Hall–Kier alpha value is -1.24. The second-order valence-corrected chi connectivity index (χ2v) is 8.08. The smallest absolute Gasteiger partial charge is 0.280 e. The highest BCUT2D eigenvalue weighted by Crippen LogP contribution is 2.33. The lowest BCUT2D eigenvalue weighted by Crippen LogP contribution is -2.57. The van der Waals surface area contributed by atoms with Crippen LogP contribution in [-0.4, -0.2) is 41.5 Å². The lowest BCUT2D eigenvalue weighted by atomic mass is 9.84. The van der Waals surface area contributed by atoms with Crippen molar-refractivity contribution < 1.29 is 4.79 Å². The average molecular weight is 333 g/mol. The second-order valence-electron chi connectivity index (χ2n) is 6.13. The summed E-state index contributed by atoms with van der Waals surface area (Å²) in [5.41, 5.74) is 0.950. The lowest BCUT2D eigenvalue weighted by molar-refractivity contribution is 0.0620. The minimum absolute atomic E-state index is 0.00495. The van der Waals surface area contributed by atoms with Crippen LogP contribution in [-0.2, 0) is 0 Å². The Labute approximate surface area is 138 Å². The molecule has 6 heteroatoms. The molecule has 4 nitrogen and oxygen atoms in total. The molecule has 0 radical (unpaired) electrons. The maximum Gasteiger partial charge on any atom is 0.280 e. The zero-order valence-corrected chi connectivity index (χ0v) is 14.2. The second kappa shape index (κ2) is 5.76. The highest BCUT2D eigenvalue weighted by Gasteiger charge is 2.35. The van der Waals surface area contributed by atoms with Crippen molar-refractivity contribution in [2.24, 2.45) is 5.92 Å². The van der Waals surface area contributed by atoms with Gasteiger partial charge in [0.05, 0.1) is 10.6 Å². The molecule has 2 bridgehead atoms. The Kier molecular flexibility index (Phi) is 3.76. The molecule has 116 valence electrons. The average Bonchev–Trinajstić information content (AvgIpc) is 3.17. The highest BCUT2D eigenvalue weighted by atomic mass is 32.1. The number of hydrogen-bond donors (Lipinski definition) is 1. The summed E-state index contributed by atoms with van der Waals surface area (Å²) < 4.78 is 0. The third-order valence-corrected chi connectivity index (χ3v) is 6.91. The zero-order valence-electron chi connectivity index (χ0n) is 12.5. The van der Waals surface area contributed by atoms with Crippen LogP contribution < -0.4 is 5.32 Å². The predicted molar refractivity (Wildman–Crippen MR) is 90.6 cm³/mol. The van der Waals surface area contributed by atoms with Crippen molar-refractivity contribution in [1.82, 2.24) is 15.2 Å².